The first kappa shape index (κ1) is 23.6. The maximum atomic E-state index is 14.0. The number of nitrogens with zero attached hydrogens (tertiary/aromatic N) is 2. The highest BCUT2D eigenvalue weighted by atomic mass is 32.2. The van der Waals surface area contributed by atoms with E-state index in [2.05, 4.69) is 0 Å². The van der Waals surface area contributed by atoms with Crippen LogP contribution in [0.1, 0.15) is 21.5 Å². The summed E-state index contributed by atoms with van der Waals surface area (Å²) < 4.78 is 34.5. The quantitative estimate of drug-likeness (QED) is 0.347. The van der Waals surface area contributed by atoms with Gasteiger partial charge in [-0.15, -0.1) is 0 Å². The average Bonchev–Trinajstić information content (AvgIpc) is 3.36. The number of rotatable bonds is 7. The molecular formula is C29H26N2O4S. The molecule has 1 aliphatic rings. The highest BCUT2D eigenvalue weighted by molar-refractivity contribution is 7.92. The Hall–Kier alpha value is -4.10. The second kappa shape index (κ2) is 9.87. The Morgan fingerprint density at radius 3 is 2.28 bits per heavy atom. The maximum Gasteiger partial charge on any atom is 0.264 e. The molecular weight excluding hydrogens is 472 g/mol. The predicted molar refractivity (Wildman–Crippen MR) is 141 cm³/mol. The first-order chi connectivity index (χ1) is 17.5. The molecule has 0 bridgehead atoms. The van der Waals surface area contributed by atoms with Crippen LogP contribution in [0, 0.1) is 0 Å². The van der Waals surface area contributed by atoms with Crippen molar-refractivity contribution in [1.29, 1.82) is 0 Å². The number of carbonyl (C=O) groups is 1. The number of sulfonamides is 1. The van der Waals surface area contributed by atoms with Crippen LogP contribution in [0.5, 0.6) is 5.75 Å². The minimum absolute atomic E-state index is 0.0794. The van der Waals surface area contributed by atoms with Gasteiger partial charge in [0.2, 0.25) is 0 Å². The first-order valence-corrected chi connectivity index (χ1v) is 13.1. The van der Waals surface area contributed by atoms with Gasteiger partial charge in [0.1, 0.15) is 5.75 Å². The molecule has 1 amide bonds. The van der Waals surface area contributed by atoms with Crippen LogP contribution in [0.4, 0.5) is 11.4 Å². The Morgan fingerprint density at radius 1 is 0.861 bits per heavy atom. The van der Waals surface area contributed by atoms with Crippen molar-refractivity contribution in [3.63, 3.8) is 0 Å². The third-order valence-electron chi connectivity index (χ3n) is 6.35. The van der Waals surface area contributed by atoms with E-state index in [4.69, 9.17) is 4.74 Å². The average molecular weight is 499 g/mol. The number of anilines is 2. The van der Waals surface area contributed by atoms with Crippen LogP contribution in [0.15, 0.2) is 108 Å². The van der Waals surface area contributed by atoms with Crippen molar-refractivity contribution in [2.75, 3.05) is 22.9 Å². The fourth-order valence-electron chi connectivity index (χ4n) is 4.49. The monoisotopic (exact) mass is 498 g/mol. The van der Waals surface area contributed by atoms with Crippen molar-refractivity contribution in [1.82, 2.24) is 0 Å². The molecule has 0 saturated carbocycles. The van der Waals surface area contributed by atoms with Gasteiger partial charge in [-0.05, 0) is 60.0 Å². The van der Waals surface area contributed by atoms with E-state index in [0.29, 0.717) is 23.5 Å². The van der Waals surface area contributed by atoms with Gasteiger partial charge >= 0.3 is 0 Å². The van der Waals surface area contributed by atoms with Crippen LogP contribution in [0.3, 0.4) is 0 Å². The Labute approximate surface area is 211 Å². The highest BCUT2D eigenvalue weighted by Gasteiger charge is 2.32. The van der Waals surface area contributed by atoms with Crippen LogP contribution in [0.25, 0.3) is 0 Å². The van der Waals surface area contributed by atoms with Gasteiger partial charge in [-0.25, -0.2) is 8.42 Å². The summed E-state index contributed by atoms with van der Waals surface area (Å²) in [5, 5.41) is 0. The van der Waals surface area contributed by atoms with Gasteiger partial charge in [0, 0.05) is 12.2 Å². The van der Waals surface area contributed by atoms with Gasteiger partial charge in [0.25, 0.3) is 15.9 Å². The van der Waals surface area contributed by atoms with Crippen LogP contribution >= 0.6 is 0 Å². The summed E-state index contributed by atoms with van der Waals surface area (Å²) in [7, 11) is -2.48. The van der Waals surface area contributed by atoms with Crippen LogP contribution < -0.4 is 13.9 Å². The standard InChI is InChI=1S/C29H26N2O4S/c1-35-24-15-17-25(18-16-24)36(33,34)31(21-22-9-3-2-4-10-22)28-14-8-6-12-26(28)29(32)30-20-19-23-11-5-7-13-27(23)30/h2-18H,19-21H2,1H3. The topological polar surface area (TPSA) is 66.9 Å². The van der Waals surface area contributed by atoms with Crippen molar-refractivity contribution in [3.8, 4) is 5.75 Å². The summed E-state index contributed by atoms with van der Waals surface area (Å²) >= 11 is 0. The molecule has 7 heteroatoms. The zero-order chi connectivity index (χ0) is 25.1. The molecule has 0 radical (unpaired) electrons. The fourth-order valence-corrected chi connectivity index (χ4v) is 5.96. The minimum atomic E-state index is -4.01. The van der Waals surface area contributed by atoms with Crippen LogP contribution in [0.2, 0.25) is 0 Å². The fraction of sp³-hybridized carbons (Fsp3) is 0.138. The molecule has 0 fully saturated rings. The zero-order valence-electron chi connectivity index (χ0n) is 19.9. The van der Waals surface area contributed by atoms with E-state index in [9.17, 15) is 13.2 Å². The van der Waals surface area contributed by atoms with Gasteiger partial charge in [0.15, 0.2) is 0 Å². The van der Waals surface area contributed by atoms with Gasteiger partial charge in [0.05, 0.1) is 29.8 Å². The van der Waals surface area contributed by atoms with Gasteiger partial charge in [-0.2, -0.15) is 0 Å². The van der Waals surface area contributed by atoms with Gasteiger partial charge < -0.3 is 9.64 Å². The van der Waals surface area contributed by atoms with Crippen molar-refractivity contribution in [2.24, 2.45) is 0 Å². The number of benzene rings is 4. The minimum Gasteiger partial charge on any atom is -0.497 e. The lowest BCUT2D eigenvalue weighted by Crippen LogP contribution is -2.35. The second-order valence-corrected chi connectivity index (χ2v) is 10.4. The molecule has 1 aliphatic heterocycles. The SMILES string of the molecule is COc1ccc(S(=O)(=O)N(Cc2ccccc2)c2ccccc2C(=O)N2CCc3ccccc32)cc1. The number of carbonyl (C=O) groups excluding carboxylic acids is 1. The molecule has 0 saturated heterocycles. The summed E-state index contributed by atoms with van der Waals surface area (Å²) in [5.41, 5.74) is 3.46. The summed E-state index contributed by atoms with van der Waals surface area (Å²) in [6.07, 6.45) is 0.766. The predicted octanol–water partition coefficient (Wildman–Crippen LogP) is 5.29. The molecule has 0 spiro atoms. The lowest BCUT2D eigenvalue weighted by atomic mass is 10.1. The third-order valence-corrected chi connectivity index (χ3v) is 8.13. The van der Waals surface area contributed by atoms with E-state index < -0.39 is 10.0 Å². The van der Waals surface area contributed by atoms with Crippen LogP contribution in [-0.2, 0) is 23.0 Å². The summed E-state index contributed by atoms with van der Waals surface area (Å²) in [4.78, 5) is 15.7. The smallest absolute Gasteiger partial charge is 0.264 e. The molecule has 6 nitrogen and oxygen atoms in total. The lowest BCUT2D eigenvalue weighted by Gasteiger charge is -2.28. The molecule has 0 aliphatic carbocycles. The molecule has 182 valence electrons. The molecule has 4 aromatic carbocycles. The molecule has 0 atom stereocenters. The van der Waals surface area contributed by atoms with E-state index in [1.54, 1.807) is 41.3 Å². The van der Waals surface area contributed by atoms with E-state index >= 15 is 0 Å². The normalized spacial score (nSPS) is 12.8. The van der Waals surface area contributed by atoms with E-state index in [1.165, 1.54) is 23.5 Å². The summed E-state index contributed by atoms with van der Waals surface area (Å²) in [5.74, 6) is 0.338. The summed E-state index contributed by atoms with van der Waals surface area (Å²) in [6.45, 7) is 0.631. The zero-order valence-corrected chi connectivity index (χ0v) is 20.7. The van der Waals surface area contributed by atoms with Gasteiger partial charge in [-0.3, -0.25) is 9.10 Å². The number of fused-ring (bicyclic) bond motifs is 1. The largest absolute Gasteiger partial charge is 0.497 e. The number of hydrogen-bond acceptors (Lipinski definition) is 4. The lowest BCUT2D eigenvalue weighted by molar-refractivity contribution is 0.0990. The maximum absolute atomic E-state index is 14.0. The summed E-state index contributed by atoms with van der Waals surface area (Å²) in [6, 6.07) is 30.4. The molecule has 4 aromatic rings. The van der Waals surface area contributed by atoms with Crippen molar-refractivity contribution >= 4 is 27.3 Å². The Balaban J connectivity index is 1.60. The highest BCUT2D eigenvalue weighted by Crippen LogP contribution is 2.34. The molecule has 0 unspecified atom stereocenters. The Kier molecular flexibility index (Phi) is 6.48. The third kappa shape index (κ3) is 4.45. The second-order valence-electron chi connectivity index (χ2n) is 8.53. The Morgan fingerprint density at radius 2 is 1.53 bits per heavy atom. The molecule has 1 heterocycles. The first-order valence-electron chi connectivity index (χ1n) is 11.7. The van der Waals surface area contributed by atoms with Crippen molar-refractivity contribution < 1.29 is 17.9 Å². The number of para-hydroxylation sites is 2. The van der Waals surface area contributed by atoms with Crippen molar-refractivity contribution in [2.45, 2.75) is 17.9 Å². The van der Waals surface area contributed by atoms with Crippen LogP contribution in [-0.4, -0.2) is 28.0 Å². The molecule has 0 N–H and O–H groups in total. The molecule has 0 aromatic heterocycles. The molecule has 36 heavy (non-hydrogen) atoms. The number of hydrogen-bond donors (Lipinski definition) is 0. The number of ether oxygens (including phenoxy) is 1. The number of methoxy groups -OCH3 is 1. The number of amides is 1. The van der Waals surface area contributed by atoms with E-state index in [-0.39, 0.29) is 17.3 Å². The van der Waals surface area contributed by atoms with E-state index in [0.717, 1.165) is 23.2 Å². The van der Waals surface area contributed by atoms with E-state index in [1.807, 2.05) is 54.6 Å². The van der Waals surface area contributed by atoms with Crippen molar-refractivity contribution in [3.05, 3.63) is 120 Å². The Bertz CT molecular complexity index is 1490. The molecule has 5 rings (SSSR count). The van der Waals surface area contributed by atoms with Gasteiger partial charge in [-0.1, -0.05) is 60.7 Å².